The highest BCUT2D eigenvalue weighted by molar-refractivity contribution is 5.95. The van der Waals surface area contributed by atoms with Gasteiger partial charge >= 0.3 is 5.97 Å². The number of carbonyl (C=O) groups excluding carboxylic acids is 2. The van der Waals surface area contributed by atoms with E-state index in [4.69, 9.17) is 4.74 Å². The second-order valence-electron chi connectivity index (χ2n) is 6.48. The lowest BCUT2D eigenvalue weighted by molar-refractivity contribution is -0.130. The number of hydrogen-bond donors (Lipinski definition) is 0. The van der Waals surface area contributed by atoms with Gasteiger partial charge in [-0.1, -0.05) is 36.4 Å². The van der Waals surface area contributed by atoms with Crippen LogP contribution in [0.3, 0.4) is 0 Å². The molecule has 0 saturated carbocycles. The average molecular weight is 352 g/mol. The predicted octanol–water partition coefficient (Wildman–Crippen LogP) is 2.67. The second-order valence-corrected chi connectivity index (χ2v) is 6.48. The van der Waals surface area contributed by atoms with Crippen LogP contribution in [-0.2, 0) is 16.0 Å². The van der Waals surface area contributed by atoms with Crippen molar-refractivity contribution in [2.24, 2.45) is 0 Å². The number of amides is 1. The molecule has 26 heavy (non-hydrogen) atoms. The smallest absolute Gasteiger partial charge is 0.339 e. The summed E-state index contributed by atoms with van der Waals surface area (Å²) in [7, 11) is 1.39. The number of rotatable bonds is 4. The Bertz CT molecular complexity index is 795. The molecule has 0 bridgehead atoms. The van der Waals surface area contributed by atoms with Crippen molar-refractivity contribution in [3.8, 4) is 0 Å². The van der Waals surface area contributed by atoms with Gasteiger partial charge in [-0.2, -0.15) is 0 Å². The number of ether oxygens (including phenoxy) is 1. The molecule has 1 aliphatic heterocycles. The van der Waals surface area contributed by atoms with Crippen LogP contribution in [0.15, 0.2) is 48.5 Å². The van der Waals surface area contributed by atoms with E-state index in [1.165, 1.54) is 7.11 Å². The number of nitrogens with zero attached hydrogens (tertiary/aromatic N) is 2. The molecule has 0 atom stereocenters. The predicted molar refractivity (Wildman–Crippen MR) is 101 cm³/mol. The first-order valence-electron chi connectivity index (χ1n) is 8.84. The number of benzene rings is 2. The van der Waals surface area contributed by atoms with Gasteiger partial charge < -0.3 is 14.5 Å². The minimum Gasteiger partial charge on any atom is -0.465 e. The van der Waals surface area contributed by atoms with Crippen LogP contribution in [0, 0.1) is 6.92 Å². The Morgan fingerprint density at radius 3 is 2.31 bits per heavy atom. The first kappa shape index (κ1) is 18.0. The molecule has 1 fully saturated rings. The van der Waals surface area contributed by atoms with E-state index in [1.807, 2.05) is 54.3 Å². The van der Waals surface area contributed by atoms with E-state index in [-0.39, 0.29) is 11.9 Å². The lowest BCUT2D eigenvalue weighted by Gasteiger charge is -2.36. The fraction of sp³-hybridized carbons (Fsp3) is 0.333. The SMILES string of the molecule is COC(=O)c1ccccc1N1CCN(C(=O)Cc2ccccc2C)CC1. The van der Waals surface area contributed by atoms with Crippen LogP contribution in [-0.4, -0.2) is 50.1 Å². The number of hydrogen-bond acceptors (Lipinski definition) is 4. The fourth-order valence-electron chi connectivity index (χ4n) is 3.31. The fourth-order valence-corrected chi connectivity index (χ4v) is 3.31. The zero-order chi connectivity index (χ0) is 18.5. The summed E-state index contributed by atoms with van der Waals surface area (Å²) < 4.78 is 4.87. The summed E-state index contributed by atoms with van der Waals surface area (Å²) in [6, 6.07) is 15.4. The molecule has 0 N–H and O–H groups in total. The minimum absolute atomic E-state index is 0.153. The van der Waals surface area contributed by atoms with E-state index in [2.05, 4.69) is 4.90 Å². The van der Waals surface area contributed by atoms with Gasteiger partial charge in [-0.3, -0.25) is 4.79 Å². The number of carbonyl (C=O) groups is 2. The van der Waals surface area contributed by atoms with Crippen molar-refractivity contribution in [3.05, 3.63) is 65.2 Å². The third kappa shape index (κ3) is 3.87. The molecule has 0 spiro atoms. The lowest BCUT2D eigenvalue weighted by Crippen LogP contribution is -2.49. The zero-order valence-corrected chi connectivity index (χ0v) is 15.3. The third-order valence-electron chi connectivity index (χ3n) is 4.89. The number of piperazine rings is 1. The molecule has 0 radical (unpaired) electrons. The van der Waals surface area contributed by atoms with Gasteiger partial charge in [0.05, 0.1) is 24.8 Å². The first-order valence-corrected chi connectivity index (χ1v) is 8.84. The Hall–Kier alpha value is -2.82. The minimum atomic E-state index is -0.335. The molecular weight excluding hydrogens is 328 g/mol. The normalized spacial score (nSPS) is 14.2. The van der Waals surface area contributed by atoms with Crippen molar-refractivity contribution in [1.29, 1.82) is 0 Å². The van der Waals surface area contributed by atoms with E-state index < -0.39 is 0 Å². The van der Waals surface area contributed by atoms with Crippen molar-refractivity contribution < 1.29 is 14.3 Å². The van der Waals surface area contributed by atoms with E-state index in [0.29, 0.717) is 38.2 Å². The Kier molecular flexibility index (Phi) is 5.56. The Labute approximate surface area is 154 Å². The van der Waals surface area contributed by atoms with Gasteiger partial charge in [-0.05, 0) is 30.2 Å². The number of esters is 1. The summed E-state index contributed by atoms with van der Waals surface area (Å²) in [4.78, 5) is 28.6. The van der Waals surface area contributed by atoms with Crippen molar-refractivity contribution in [3.63, 3.8) is 0 Å². The maximum atomic E-state index is 12.6. The van der Waals surface area contributed by atoms with Crippen LogP contribution in [0.5, 0.6) is 0 Å². The summed E-state index contributed by atoms with van der Waals surface area (Å²) >= 11 is 0. The Morgan fingerprint density at radius 1 is 0.962 bits per heavy atom. The molecule has 0 unspecified atom stereocenters. The van der Waals surface area contributed by atoms with Crippen LogP contribution in [0.4, 0.5) is 5.69 Å². The van der Waals surface area contributed by atoms with Crippen LogP contribution in [0.2, 0.25) is 0 Å². The molecule has 5 heteroatoms. The van der Waals surface area contributed by atoms with Crippen molar-refractivity contribution in [1.82, 2.24) is 4.90 Å². The molecule has 1 amide bonds. The van der Waals surface area contributed by atoms with Gasteiger partial charge in [0.1, 0.15) is 0 Å². The standard InChI is InChI=1S/C21H24N2O3/c1-16-7-3-4-8-17(16)15-20(24)23-13-11-22(12-14-23)19-10-6-5-9-18(19)21(25)26-2/h3-10H,11-15H2,1-2H3. The molecule has 136 valence electrons. The number of methoxy groups -OCH3 is 1. The average Bonchev–Trinajstić information content (AvgIpc) is 2.69. The van der Waals surface area contributed by atoms with E-state index in [1.54, 1.807) is 6.07 Å². The molecule has 0 aliphatic carbocycles. The van der Waals surface area contributed by atoms with Crippen molar-refractivity contribution in [2.45, 2.75) is 13.3 Å². The highest BCUT2D eigenvalue weighted by Crippen LogP contribution is 2.23. The second kappa shape index (κ2) is 8.04. The summed E-state index contributed by atoms with van der Waals surface area (Å²) in [5.74, 6) is -0.182. The summed E-state index contributed by atoms with van der Waals surface area (Å²) in [6.45, 7) is 4.74. The summed E-state index contributed by atoms with van der Waals surface area (Å²) in [5.41, 5.74) is 3.66. The third-order valence-corrected chi connectivity index (χ3v) is 4.89. The molecule has 3 rings (SSSR count). The van der Waals surface area contributed by atoms with E-state index in [0.717, 1.165) is 16.8 Å². The maximum Gasteiger partial charge on any atom is 0.339 e. The van der Waals surface area contributed by atoms with Gasteiger partial charge in [0.25, 0.3) is 0 Å². The van der Waals surface area contributed by atoms with Crippen LogP contribution >= 0.6 is 0 Å². The van der Waals surface area contributed by atoms with Crippen LogP contribution in [0.1, 0.15) is 21.5 Å². The quantitative estimate of drug-likeness (QED) is 0.794. The Morgan fingerprint density at radius 2 is 1.62 bits per heavy atom. The molecule has 0 aromatic heterocycles. The lowest BCUT2D eigenvalue weighted by atomic mass is 10.0. The van der Waals surface area contributed by atoms with Crippen LogP contribution in [0.25, 0.3) is 0 Å². The maximum absolute atomic E-state index is 12.6. The summed E-state index contributed by atoms with van der Waals surface area (Å²) in [5, 5.41) is 0. The number of aryl methyl sites for hydroxylation is 1. The molecule has 1 aliphatic rings. The van der Waals surface area contributed by atoms with Gasteiger partial charge in [-0.15, -0.1) is 0 Å². The van der Waals surface area contributed by atoms with E-state index in [9.17, 15) is 9.59 Å². The van der Waals surface area contributed by atoms with E-state index >= 15 is 0 Å². The topological polar surface area (TPSA) is 49.9 Å². The highest BCUT2D eigenvalue weighted by Gasteiger charge is 2.24. The van der Waals surface area contributed by atoms with Gasteiger partial charge in [0.2, 0.25) is 5.91 Å². The molecule has 5 nitrogen and oxygen atoms in total. The first-order chi connectivity index (χ1) is 12.6. The molecule has 2 aromatic carbocycles. The number of para-hydroxylation sites is 1. The van der Waals surface area contributed by atoms with Gasteiger partial charge in [-0.25, -0.2) is 4.79 Å². The molecular formula is C21H24N2O3. The van der Waals surface area contributed by atoms with Crippen LogP contribution < -0.4 is 4.90 Å². The van der Waals surface area contributed by atoms with Crippen molar-refractivity contribution in [2.75, 3.05) is 38.2 Å². The largest absolute Gasteiger partial charge is 0.465 e. The van der Waals surface area contributed by atoms with Gasteiger partial charge in [0.15, 0.2) is 0 Å². The molecule has 2 aromatic rings. The monoisotopic (exact) mass is 352 g/mol. The summed E-state index contributed by atoms with van der Waals surface area (Å²) in [6.07, 6.45) is 0.436. The van der Waals surface area contributed by atoms with Gasteiger partial charge in [0, 0.05) is 26.2 Å². The Balaban J connectivity index is 1.64. The molecule has 1 heterocycles. The molecule has 1 saturated heterocycles. The number of anilines is 1. The van der Waals surface area contributed by atoms with Crippen molar-refractivity contribution >= 4 is 17.6 Å². The zero-order valence-electron chi connectivity index (χ0n) is 15.3. The highest BCUT2D eigenvalue weighted by atomic mass is 16.5.